The van der Waals surface area contributed by atoms with E-state index in [1.807, 2.05) is 0 Å². The summed E-state index contributed by atoms with van der Waals surface area (Å²) < 4.78 is 27.6. The Morgan fingerprint density at radius 1 is 1.26 bits per heavy atom. The van der Waals surface area contributed by atoms with Gasteiger partial charge in [-0.25, -0.2) is 8.78 Å². The first-order valence-electron chi connectivity index (χ1n) is 6.38. The quantitative estimate of drug-likeness (QED) is 0.672. The minimum atomic E-state index is -0.843. The molecule has 1 aliphatic carbocycles. The number of halogens is 3. The van der Waals surface area contributed by atoms with E-state index in [-0.39, 0.29) is 10.9 Å². The smallest absolute Gasteiger partial charge is 0.170 e. The molecule has 1 fully saturated rings. The molecular weight excluding hydrogens is 316 g/mol. The largest absolute Gasteiger partial charge is 0.325 e. The van der Waals surface area contributed by atoms with E-state index in [1.54, 1.807) is 0 Å². The van der Waals surface area contributed by atoms with E-state index in [0.717, 1.165) is 38.2 Å². The summed E-state index contributed by atoms with van der Waals surface area (Å²) in [5, 5.41) is 0. The molecule has 0 aromatic heterocycles. The molecule has 2 rings (SSSR count). The lowest BCUT2D eigenvalue weighted by atomic mass is 9.78. The highest BCUT2D eigenvalue weighted by atomic mass is 79.9. The molecule has 0 bridgehead atoms. The second kappa shape index (κ2) is 5.67. The van der Waals surface area contributed by atoms with Gasteiger partial charge in [0.2, 0.25) is 0 Å². The van der Waals surface area contributed by atoms with Gasteiger partial charge in [-0.05, 0) is 40.9 Å². The summed E-state index contributed by atoms with van der Waals surface area (Å²) in [4.78, 5) is 12.1. The van der Waals surface area contributed by atoms with Crippen molar-refractivity contribution in [2.75, 3.05) is 0 Å². The Morgan fingerprint density at radius 3 is 2.53 bits per heavy atom. The predicted octanol–water partition coefficient (Wildman–Crippen LogP) is 3.96. The van der Waals surface area contributed by atoms with E-state index in [2.05, 4.69) is 15.9 Å². The normalized spacial score (nSPS) is 18.3. The minimum absolute atomic E-state index is 0.00269. The van der Waals surface area contributed by atoms with Crippen LogP contribution >= 0.6 is 15.9 Å². The van der Waals surface area contributed by atoms with Crippen molar-refractivity contribution in [3.63, 3.8) is 0 Å². The lowest BCUT2D eigenvalue weighted by Gasteiger charge is -2.32. The van der Waals surface area contributed by atoms with E-state index in [1.165, 1.54) is 6.07 Å². The van der Waals surface area contributed by atoms with Gasteiger partial charge in [-0.15, -0.1) is 0 Å². The van der Waals surface area contributed by atoms with Crippen LogP contribution in [-0.4, -0.2) is 11.3 Å². The number of Topliss-reactive ketones (excluding diaryl/α,β-unsaturated/α-hetero) is 1. The summed E-state index contributed by atoms with van der Waals surface area (Å²) in [5.74, 6) is -2.23. The van der Waals surface area contributed by atoms with Gasteiger partial charge in [0.1, 0.15) is 5.82 Å². The van der Waals surface area contributed by atoms with Crippen molar-refractivity contribution >= 4 is 21.7 Å². The molecular formula is C14H16BrF2NO. The molecule has 1 aromatic carbocycles. The van der Waals surface area contributed by atoms with Gasteiger partial charge in [-0.2, -0.15) is 0 Å². The molecule has 0 atom stereocenters. The third kappa shape index (κ3) is 3.20. The van der Waals surface area contributed by atoms with Crippen molar-refractivity contribution < 1.29 is 13.6 Å². The molecule has 2 N–H and O–H groups in total. The average Bonchev–Trinajstić information content (AvgIpc) is 2.34. The summed E-state index contributed by atoms with van der Waals surface area (Å²) in [6.45, 7) is 0. The average molecular weight is 332 g/mol. The third-order valence-corrected chi connectivity index (χ3v) is 4.30. The van der Waals surface area contributed by atoms with E-state index in [9.17, 15) is 13.6 Å². The van der Waals surface area contributed by atoms with Gasteiger partial charge in [0.05, 0.1) is 10.0 Å². The van der Waals surface area contributed by atoms with Crippen molar-refractivity contribution in [2.45, 2.75) is 44.1 Å². The van der Waals surface area contributed by atoms with Crippen LogP contribution in [0, 0.1) is 11.6 Å². The highest BCUT2D eigenvalue weighted by Gasteiger charge is 2.32. The molecule has 2 nitrogen and oxygen atoms in total. The van der Waals surface area contributed by atoms with Crippen molar-refractivity contribution in [3.05, 3.63) is 33.8 Å². The van der Waals surface area contributed by atoms with E-state index < -0.39 is 28.5 Å². The summed E-state index contributed by atoms with van der Waals surface area (Å²) in [7, 11) is 0. The van der Waals surface area contributed by atoms with Gasteiger partial charge >= 0.3 is 0 Å². The lowest BCUT2D eigenvalue weighted by Crippen LogP contribution is -2.43. The fraction of sp³-hybridized carbons (Fsp3) is 0.500. The Balaban J connectivity index is 2.23. The Morgan fingerprint density at radius 2 is 1.89 bits per heavy atom. The number of benzene rings is 1. The molecule has 0 spiro atoms. The Labute approximate surface area is 119 Å². The number of nitrogens with two attached hydrogens (primary N) is 1. The number of carbonyl (C=O) groups is 1. The molecule has 19 heavy (non-hydrogen) atoms. The monoisotopic (exact) mass is 331 g/mol. The van der Waals surface area contributed by atoms with Crippen molar-refractivity contribution in [1.82, 2.24) is 0 Å². The zero-order chi connectivity index (χ0) is 14.0. The zero-order valence-electron chi connectivity index (χ0n) is 10.5. The van der Waals surface area contributed by atoms with Crippen LogP contribution in [0.15, 0.2) is 16.6 Å². The Bertz CT molecular complexity index is 498. The van der Waals surface area contributed by atoms with Gasteiger partial charge in [0.25, 0.3) is 0 Å². The number of rotatable bonds is 3. The third-order valence-electron chi connectivity index (χ3n) is 3.68. The Hall–Kier alpha value is -0.810. The molecule has 0 radical (unpaired) electrons. The van der Waals surface area contributed by atoms with Crippen LogP contribution < -0.4 is 5.73 Å². The number of carbonyl (C=O) groups excluding carboxylic acids is 1. The van der Waals surface area contributed by atoms with Gasteiger partial charge < -0.3 is 5.73 Å². The van der Waals surface area contributed by atoms with E-state index in [4.69, 9.17) is 5.73 Å². The molecule has 1 aromatic rings. The highest BCUT2D eigenvalue weighted by Crippen LogP contribution is 2.31. The lowest BCUT2D eigenvalue weighted by molar-refractivity contribution is 0.0926. The minimum Gasteiger partial charge on any atom is -0.325 e. The van der Waals surface area contributed by atoms with Gasteiger partial charge in [0.15, 0.2) is 11.6 Å². The van der Waals surface area contributed by atoms with Crippen molar-refractivity contribution in [3.8, 4) is 0 Å². The molecule has 1 aliphatic rings. The molecule has 0 amide bonds. The predicted molar refractivity (Wildman–Crippen MR) is 73.0 cm³/mol. The molecule has 0 aliphatic heterocycles. The Kier molecular flexibility index (Phi) is 4.36. The summed E-state index contributed by atoms with van der Waals surface area (Å²) in [6.07, 6.45) is 4.50. The van der Waals surface area contributed by atoms with Crippen LogP contribution in [0.3, 0.4) is 0 Å². The zero-order valence-corrected chi connectivity index (χ0v) is 12.1. The van der Waals surface area contributed by atoms with E-state index in [0.29, 0.717) is 0 Å². The van der Waals surface area contributed by atoms with Crippen molar-refractivity contribution in [1.29, 1.82) is 0 Å². The van der Waals surface area contributed by atoms with Crippen LogP contribution in [0.5, 0.6) is 0 Å². The second-order valence-electron chi connectivity index (χ2n) is 5.24. The second-order valence-corrected chi connectivity index (χ2v) is 6.10. The standard InChI is InChI=1S/C14H16BrF2NO/c15-9-4-5-10(16)12(13(9)17)11(19)8-14(18)6-2-1-3-7-14/h4-5H,1-3,6-8,18H2. The van der Waals surface area contributed by atoms with Gasteiger partial charge in [-0.3, -0.25) is 4.79 Å². The molecule has 0 unspecified atom stereocenters. The molecule has 104 valence electrons. The maximum Gasteiger partial charge on any atom is 0.170 e. The van der Waals surface area contributed by atoms with E-state index >= 15 is 0 Å². The summed E-state index contributed by atoms with van der Waals surface area (Å²) >= 11 is 2.96. The van der Waals surface area contributed by atoms with Crippen LogP contribution in [-0.2, 0) is 0 Å². The summed E-state index contributed by atoms with van der Waals surface area (Å²) in [5.41, 5.74) is 5.06. The van der Waals surface area contributed by atoms with Gasteiger partial charge in [-0.1, -0.05) is 19.3 Å². The van der Waals surface area contributed by atoms with Crippen LogP contribution in [0.4, 0.5) is 8.78 Å². The van der Waals surface area contributed by atoms with Gasteiger partial charge in [0, 0.05) is 12.0 Å². The van der Waals surface area contributed by atoms with Crippen molar-refractivity contribution in [2.24, 2.45) is 5.73 Å². The molecule has 0 heterocycles. The number of hydrogen-bond donors (Lipinski definition) is 1. The van der Waals surface area contributed by atoms with Crippen LogP contribution in [0.25, 0.3) is 0 Å². The topological polar surface area (TPSA) is 43.1 Å². The first kappa shape index (κ1) is 14.6. The maximum absolute atomic E-state index is 13.8. The molecule has 0 saturated heterocycles. The SMILES string of the molecule is NC1(CC(=O)c2c(F)ccc(Br)c2F)CCCCC1. The first-order valence-corrected chi connectivity index (χ1v) is 7.18. The highest BCUT2D eigenvalue weighted by molar-refractivity contribution is 9.10. The van der Waals surface area contributed by atoms with Crippen LogP contribution in [0.1, 0.15) is 48.9 Å². The first-order chi connectivity index (χ1) is 8.93. The molecule has 1 saturated carbocycles. The number of ketones is 1. The van der Waals surface area contributed by atoms with Crippen LogP contribution in [0.2, 0.25) is 0 Å². The number of hydrogen-bond acceptors (Lipinski definition) is 2. The maximum atomic E-state index is 13.8. The fourth-order valence-electron chi connectivity index (χ4n) is 2.62. The molecule has 5 heteroatoms. The fourth-order valence-corrected chi connectivity index (χ4v) is 2.95. The summed E-state index contributed by atoms with van der Waals surface area (Å²) in [6, 6.07) is 2.34.